The van der Waals surface area contributed by atoms with Crippen LogP contribution in [0.5, 0.6) is 0 Å². The van der Waals surface area contributed by atoms with E-state index < -0.39 is 0 Å². The minimum Gasteiger partial charge on any atom is -0.342 e. The second-order valence-corrected chi connectivity index (χ2v) is 9.40. The maximum absolute atomic E-state index is 13.3. The van der Waals surface area contributed by atoms with E-state index in [1.165, 1.54) is 11.1 Å². The molecular weight excluding hydrogens is 324 g/mol. The quantitative estimate of drug-likeness (QED) is 0.827. The van der Waals surface area contributed by atoms with E-state index in [1.807, 2.05) is 9.80 Å². The van der Waals surface area contributed by atoms with Gasteiger partial charge in [-0.25, -0.2) is 0 Å². The number of carbonyl (C=O) groups is 2. The van der Waals surface area contributed by atoms with E-state index in [0.29, 0.717) is 19.5 Å². The first-order chi connectivity index (χ1) is 12.2. The van der Waals surface area contributed by atoms with E-state index in [1.54, 1.807) is 0 Å². The van der Waals surface area contributed by atoms with Gasteiger partial charge in [0.05, 0.1) is 5.41 Å². The predicted octanol–water partition coefficient (Wildman–Crippen LogP) is 3.77. The van der Waals surface area contributed by atoms with Crippen molar-refractivity contribution in [2.75, 3.05) is 19.6 Å². The molecule has 26 heavy (non-hydrogen) atoms. The van der Waals surface area contributed by atoms with E-state index in [9.17, 15) is 9.59 Å². The third-order valence-electron chi connectivity index (χ3n) is 5.67. The molecule has 142 valence electrons. The molecule has 4 heteroatoms. The van der Waals surface area contributed by atoms with Gasteiger partial charge in [0.1, 0.15) is 0 Å². The van der Waals surface area contributed by atoms with Crippen molar-refractivity contribution >= 4 is 11.8 Å². The first-order valence-electron chi connectivity index (χ1n) is 9.81. The van der Waals surface area contributed by atoms with E-state index in [4.69, 9.17) is 0 Å². The summed E-state index contributed by atoms with van der Waals surface area (Å²) in [6.45, 7) is 11.2. The standard InChI is InChI=1S/C22H32N2O2/c1-17-7-5-8-18(13-17)15-23-11-6-9-22(20(23)26)10-12-24(16-22)19(25)14-21(2,3)4/h5,7-8,13H,6,9-12,14-16H2,1-4H3. The lowest BCUT2D eigenvalue weighted by molar-refractivity contribution is -0.147. The predicted molar refractivity (Wildman–Crippen MR) is 104 cm³/mol. The fourth-order valence-corrected chi connectivity index (χ4v) is 4.36. The molecule has 1 aromatic carbocycles. The van der Waals surface area contributed by atoms with Crippen LogP contribution in [-0.4, -0.2) is 41.2 Å². The highest BCUT2D eigenvalue weighted by molar-refractivity contribution is 5.86. The molecule has 1 spiro atoms. The number of nitrogens with zero attached hydrogens (tertiary/aromatic N) is 2. The Morgan fingerprint density at radius 3 is 2.65 bits per heavy atom. The summed E-state index contributed by atoms with van der Waals surface area (Å²) in [6, 6.07) is 8.38. The molecule has 2 saturated heterocycles. The molecule has 2 aliphatic rings. The third kappa shape index (κ3) is 4.11. The van der Waals surface area contributed by atoms with Crippen LogP contribution in [-0.2, 0) is 16.1 Å². The van der Waals surface area contributed by atoms with Crippen LogP contribution in [0.15, 0.2) is 24.3 Å². The zero-order chi connectivity index (χ0) is 18.9. The summed E-state index contributed by atoms with van der Waals surface area (Å²) in [5, 5.41) is 0. The molecule has 1 aromatic rings. The van der Waals surface area contributed by atoms with Gasteiger partial charge in [-0.3, -0.25) is 9.59 Å². The number of benzene rings is 1. The van der Waals surface area contributed by atoms with Crippen LogP contribution in [0.4, 0.5) is 0 Å². The maximum Gasteiger partial charge on any atom is 0.230 e. The van der Waals surface area contributed by atoms with Crippen LogP contribution in [0.2, 0.25) is 0 Å². The Hall–Kier alpha value is -1.84. The normalized spacial score (nSPS) is 23.8. The Morgan fingerprint density at radius 2 is 1.96 bits per heavy atom. The number of amides is 2. The summed E-state index contributed by atoms with van der Waals surface area (Å²) in [6.07, 6.45) is 3.30. The molecule has 1 unspecified atom stereocenters. The van der Waals surface area contributed by atoms with Gasteiger partial charge < -0.3 is 9.80 Å². The van der Waals surface area contributed by atoms with Gasteiger partial charge in [-0.1, -0.05) is 50.6 Å². The highest BCUT2D eigenvalue weighted by Gasteiger charge is 2.49. The summed E-state index contributed by atoms with van der Waals surface area (Å²) < 4.78 is 0. The van der Waals surface area contributed by atoms with Gasteiger partial charge in [-0.05, 0) is 37.2 Å². The Labute approximate surface area is 157 Å². The van der Waals surface area contributed by atoms with Crippen molar-refractivity contribution in [3.05, 3.63) is 35.4 Å². The second-order valence-electron chi connectivity index (χ2n) is 9.40. The number of piperidine rings is 1. The summed E-state index contributed by atoms with van der Waals surface area (Å²) in [5.74, 6) is 0.439. The van der Waals surface area contributed by atoms with Crippen LogP contribution in [0.25, 0.3) is 0 Å². The van der Waals surface area contributed by atoms with Gasteiger partial charge in [-0.15, -0.1) is 0 Å². The van der Waals surface area contributed by atoms with Crippen LogP contribution in [0.1, 0.15) is 57.6 Å². The summed E-state index contributed by atoms with van der Waals surface area (Å²) >= 11 is 0. The van der Waals surface area contributed by atoms with E-state index >= 15 is 0 Å². The van der Waals surface area contributed by atoms with Gasteiger partial charge in [0.15, 0.2) is 0 Å². The number of carbonyl (C=O) groups excluding carboxylic acids is 2. The van der Waals surface area contributed by atoms with Crippen LogP contribution < -0.4 is 0 Å². The number of hydrogen-bond acceptors (Lipinski definition) is 2. The first kappa shape index (κ1) is 18.9. The number of hydrogen-bond donors (Lipinski definition) is 0. The van der Waals surface area contributed by atoms with Crippen molar-refractivity contribution in [3.63, 3.8) is 0 Å². The third-order valence-corrected chi connectivity index (χ3v) is 5.67. The van der Waals surface area contributed by atoms with Gasteiger partial charge in [0.25, 0.3) is 0 Å². The first-order valence-corrected chi connectivity index (χ1v) is 9.81. The Balaban J connectivity index is 1.68. The molecule has 0 aromatic heterocycles. The average molecular weight is 357 g/mol. The lowest BCUT2D eigenvalue weighted by atomic mass is 9.78. The van der Waals surface area contributed by atoms with Crippen LogP contribution in [0.3, 0.4) is 0 Å². The highest BCUT2D eigenvalue weighted by atomic mass is 16.2. The lowest BCUT2D eigenvalue weighted by Gasteiger charge is -2.39. The zero-order valence-electron chi connectivity index (χ0n) is 16.7. The number of likely N-dealkylation sites (tertiary alicyclic amines) is 2. The molecule has 0 radical (unpaired) electrons. The average Bonchev–Trinajstić information content (AvgIpc) is 2.96. The molecule has 2 aliphatic heterocycles. The zero-order valence-corrected chi connectivity index (χ0v) is 16.7. The molecule has 0 N–H and O–H groups in total. The molecule has 0 aliphatic carbocycles. The van der Waals surface area contributed by atoms with Gasteiger partial charge in [0, 0.05) is 32.6 Å². The van der Waals surface area contributed by atoms with Crippen molar-refractivity contribution in [3.8, 4) is 0 Å². The fourth-order valence-electron chi connectivity index (χ4n) is 4.36. The Kier molecular flexibility index (Phi) is 5.14. The smallest absolute Gasteiger partial charge is 0.230 e. The van der Waals surface area contributed by atoms with Gasteiger partial charge >= 0.3 is 0 Å². The van der Waals surface area contributed by atoms with Crippen molar-refractivity contribution in [2.24, 2.45) is 10.8 Å². The SMILES string of the molecule is Cc1cccc(CN2CCCC3(CCN(C(=O)CC(C)(C)C)C3)C2=O)c1. The van der Waals surface area contributed by atoms with E-state index in [2.05, 4.69) is 52.0 Å². The van der Waals surface area contributed by atoms with Crippen molar-refractivity contribution < 1.29 is 9.59 Å². The van der Waals surface area contributed by atoms with Gasteiger partial charge in [-0.2, -0.15) is 0 Å². The molecule has 2 heterocycles. The molecule has 4 nitrogen and oxygen atoms in total. The largest absolute Gasteiger partial charge is 0.342 e. The van der Waals surface area contributed by atoms with Crippen molar-refractivity contribution in [1.82, 2.24) is 9.80 Å². The topological polar surface area (TPSA) is 40.6 Å². The van der Waals surface area contributed by atoms with Crippen LogP contribution >= 0.6 is 0 Å². The Morgan fingerprint density at radius 1 is 1.19 bits per heavy atom. The van der Waals surface area contributed by atoms with E-state index in [-0.39, 0.29) is 22.6 Å². The molecule has 3 rings (SSSR count). The van der Waals surface area contributed by atoms with Crippen LogP contribution in [0, 0.1) is 17.8 Å². The summed E-state index contributed by atoms with van der Waals surface area (Å²) in [5.41, 5.74) is 2.05. The second kappa shape index (κ2) is 7.05. The monoisotopic (exact) mass is 356 g/mol. The molecule has 1 atom stereocenters. The molecule has 2 amide bonds. The maximum atomic E-state index is 13.3. The number of aryl methyl sites for hydroxylation is 1. The van der Waals surface area contributed by atoms with Crippen molar-refractivity contribution in [1.29, 1.82) is 0 Å². The lowest BCUT2D eigenvalue weighted by Crippen LogP contribution is -2.50. The minimum absolute atomic E-state index is 0.0133. The van der Waals surface area contributed by atoms with Crippen molar-refractivity contribution in [2.45, 2.75) is 59.9 Å². The highest BCUT2D eigenvalue weighted by Crippen LogP contribution is 2.41. The molecular formula is C22H32N2O2. The molecule has 0 saturated carbocycles. The molecule has 2 fully saturated rings. The Bertz CT molecular complexity index is 692. The fraction of sp³-hybridized carbons (Fsp3) is 0.636. The minimum atomic E-state index is -0.352. The summed E-state index contributed by atoms with van der Waals surface area (Å²) in [4.78, 5) is 29.8. The van der Waals surface area contributed by atoms with E-state index in [0.717, 1.165) is 32.4 Å². The summed E-state index contributed by atoms with van der Waals surface area (Å²) in [7, 11) is 0. The van der Waals surface area contributed by atoms with Gasteiger partial charge in [0.2, 0.25) is 11.8 Å². The molecule has 0 bridgehead atoms. The number of rotatable bonds is 3.